The number of morpholine rings is 1. The van der Waals surface area contributed by atoms with E-state index in [1.807, 2.05) is 18.7 Å². The molecule has 0 radical (unpaired) electrons. The van der Waals surface area contributed by atoms with E-state index in [4.69, 9.17) is 9.47 Å². The van der Waals surface area contributed by atoms with Gasteiger partial charge >= 0.3 is 6.03 Å². The molecule has 21 heavy (non-hydrogen) atoms. The quantitative estimate of drug-likeness (QED) is 0.926. The second kappa shape index (κ2) is 7.26. The third-order valence-electron chi connectivity index (χ3n) is 3.32. The Bertz CT molecular complexity index is 479. The summed E-state index contributed by atoms with van der Waals surface area (Å²) < 4.78 is 11.0. The summed E-state index contributed by atoms with van der Waals surface area (Å²) in [6.07, 6.45) is 2.52. The molecule has 1 unspecified atom stereocenters. The zero-order chi connectivity index (χ0) is 15.2. The zero-order valence-corrected chi connectivity index (χ0v) is 12.8. The maximum atomic E-state index is 12.5. The first-order valence-corrected chi connectivity index (χ1v) is 7.38. The number of aromatic nitrogens is 1. The molecule has 1 aliphatic heterocycles. The third kappa shape index (κ3) is 4.07. The molecule has 2 amide bonds. The summed E-state index contributed by atoms with van der Waals surface area (Å²) in [4.78, 5) is 18.4. The smallest absolute Gasteiger partial charge is 0.322 e. The molecule has 1 aromatic heterocycles. The topological polar surface area (TPSA) is 63.7 Å². The van der Waals surface area contributed by atoms with Gasteiger partial charge < -0.3 is 19.7 Å². The van der Waals surface area contributed by atoms with Gasteiger partial charge in [0.25, 0.3) is 0 Å². The Labute approximate surface area is 125 Å². The number of carbonyl (C=O) groups is 1. The number of nitrogens with zero attached hydrogens (tertiary/aromatic N) is 2. The molecule has 116 valence electrons. The summed E-state index contributed by atoms with van der Waals surface area (Å²) in [5.74, 6) is 0.446. The van der Waals surface area contributed by atoms with Crippen LogP contribution in [-0.4, -0.2) is 47.8 Å². The third-order valence-corrected chi connectivity index (χ3v) is 3.32. The lowest BCUT2D eigenvalue weighted by Gasteiger charge is -2.35. The predicted octanol–water partition coefficient (Wildman–Crippen LogP) is 2.51. The molecule has 0 spiro atoms. The second-order valence-corrected chi connectivity index (χ2v) is 5.28. The van der Waals surface area contributed by atoms with E-state index in [9.17, 15) is 4.79 Å². The number of anilines is 1. The fourth-order valence-electron chi connectivity index (χ4n) is 2.25. The van der Waals surface area contributed by atoms with E-state index in [-0.39, 0.29) is 18.2 Å². The Balaban J connectivity index is 2.08. The molecule has 6 heteroatoms. The van der Waals surface area contributed by atoms with Gasteiger partial charge in [-0.1, -0.05) is 6.92 Å². The molecule has 1 fully saturated rings. The number of hydrogen-bond acceptors (Lipinski definition) is 4. The first kappa shape index (κ1) is 15.6. The Morgan fingerprint density at radius 1 is 1.62 bits per heavy atom. The Kier molecular flexibility index (Phi) is 5.38. The van der Waals surface area contributed by atoms with Gasteiger partial charge in [-0.25, -0.2) is 9.78 Å². The summed E-state index contributed by atoms with van der Waals surface area (Å²) in [7, 11) is 0. The fraction of sp³-hybridized carbons (Fsp3) is 0.600. The highest BCUT2D eigenvalue weighted by atomic mass is 16.5. The number of rotatable bonds is 4. The van der Waals surface area contributed by atoms with Gasteiger partial charge in [0, 0.05) is 12.7 Å². The number of nitrogens with one attached hydrogen (secondary N) is 1. The van der Waals surface area contributed by atoms with Crippen LogP contribution in [-0.2, 0) is 4.74 Å². The molecule has 1 aromatic rings. The largest absolute Gasteiger partial charge is 0.473 e. The normalized spacial score (nSPS) is 18.7. The van der Waals surface area contributed by atoms with Gasteiger partial charge in [0.15, 0.2) is 0 Å². The van der Waals surface area contributed by atoms with Crippen LogP contribution in [0, 0.1) is 0 Å². The molecule has 0 aliphatic carbocycles. The lowest BCUT2D eigenvalue weighted by molar-refractivity contribution is 0.0143. The number of hydrogen-bond donors (Lipinski definition) is 1. The van der Waals surface area contributed by atoms with Crippen molar-refractivity contribution in [3.8, 4) is 5.88 Å². The lowest BCUT2D eigenvalue weighted by Crippen LogP contribution is -2.50. The van der Waals surface area contributed by atoms with Crippen molar-refractivity contribution in [2.45, 2.75) is 39.3 Å². The van der Waals surface area contributed by atoms with Gasteiger partial charge in [0.2, 0.25) is 5.88 Å². The molecule has 0 aromatic carbocycles. The predicted molar refractivity (Wildman–Crippen MR) is 80.6 cm³/mol. The maximum absolute atomic E-state index is 12.5. The van der Waals surface area contributed by atoms with Crippen molar-refractivity contribution in [3.63, 3.8) is 0 Å². The minimum atomic E-state index is -0.133. The zero-order valence-electron chi connectivity index (χ0n) is 12.8. The van der Waals surface area contributed by atoms with Gasteiger partial charge in [-0.2, -0.15) is 0 Å². The van der Waals surface area contributed by atoms with Gasteiger partial charge in [0.05, 0.1) is 25.4 Å². The summed E-state index contributed by atoms with van der Waals surface area (Å²) in [5.41, 5.74) is 0.595. The molecule has 0 saturated carbocycles. The molecular formula is C15H23N3O3. The molecule has 1 N–H and O–H groups in total. The van der Waals surface area contributed by atoms with Crippen molar-refractivity contribution in [3.05, 3.63) is 18.3 Å². The first-order chi connectivity index (χ1) is 10.1. The van der Waals surface area contributed by atoms with Crippen LogP contribution >= 0.6 is 0 Å². The van der Waals surface area contributed by atoms with Crippen LogP contribution in [0.5, 0.6) is 5.88 Å². The standard InChI is InChI=1S/C15H23N3O3/c1-4-12-10-20-9-8-18(12)15(19)17-13-6-5-7-16-14(13)21-11(2)3/h5-7,11-12H,4,8-10H2,1-3H3,(H,17,19). The van der Waals surface area contributed by atoms with Crippen LogP contribution in [0.4, 0.5) is 10.5 Å². The Morgan fingerprint density at radius 2 is 2.43 bits per heavy atom. The monoisotopic (exact) mass is 293 g/mol. The Hall–Kier alpha value is -1.82. The van der Waals surface area contributed by atoms with Crippen LogP contribution in [0.15, 0.2) is 18.3 Å². The van der Waals surface area contributed by atoms with Gasteiger partial charge in [-0.3, -0.25) is 0 Å². The van der Waals surface area contributed by atoms with Gasteiger partial charge in [-0.15, -0.1) is 0 Å². The van der Waals surface area contributed by atoms with Crippen molar-refractivity contribution in [1.29, 1.82) is 0 Å². The van der Waals surface area contributed by atoms with Crippen LogP contribution < -0.4 is 10.1 Å². The number of ether oxygens (including phenoxy) is 2. The number of urea groups is 1. The minimum Gasteiger partial charge on any atom is -0.473 e. The van der Waals surface area contributed by atoms with Gasteiger partial charge in [0.1, 0.15) is 5.69 Å². The van der Waals surface area contributed by atoms with Crippen molar-refractivity contribution in [1.82, 2.24) is 9.88 Å². The minimum absolute atomic E-state index is 0.00216. The molecule has 1 saturated heterocycles. The average Bonchev–Trinajstić information content (AvgIpc) is 2.48. The van der Waals surface area contributed by atoms with Crippen LogP contribution in [0.1, 0.15) is 27.2 Å². The van der Waals surface area contributed by atoms with Crippen LogP contribution in [0.2, 0.25) is 0 Å². The van der Waals surface area contributed by atoms with Crippen LogP contribution in [0.3, 0.4) is 0 Å². The second-order valence-electron chi connectivity index (χ2n) is 5.28. The van der Waals surface area contributed by atoms with Crippen molar-refractivity contribution >= 4 is 11.7 Å². The van der Waals surface area contributed by atoms with E-state index in [1.54, 1.807) is 18.3 Å². The molecule has 6 nitrogen and oxygen atoms in total. The fourth-order valence-corrected chi connectivity index (χ4v) is 2.25. The highest BCUT2D eigenvalue weighted by molar-refractivity contribution is 5.90. The average molecular weight is 293 g/mol. The molecule has 1 atom stereocenters. The molecule has 1 aliphatic rings. The lowest BCUT2D eigenvalue weighted by atomic mass is 10.2. The number of pyridine rings is 1. The van der Waals surface area contributed by atoms with E-state index < -0.39 is 0 Å². The highest BCUT2D eigenvalue weighted by Gasteiger charge is 2.26. The van der Waals surface area contributed by atoms with Gasteiger partial charge in [-0.05, 0) is 32.4 Å². The summed E-state index contributed by atoms with van der Waals surface area (Å²) >= 11 is 0. The summed E-state index contributed by atoms with van der Waals surface area (Å²) in [6, 6.07) is 3.56. The molecule has 2 heterocycles. The Morgan fingerprint density at radius 3 is 3.14 bits per heavy atom. The first-order valence-electron chi connectivity index (χ1n) is 7.38. The van der Waals surface area contributed by atoms with E-state index in [1.165, 1.54) is 0 Å². The van der Waals surface area contributed by atoms with Crippen molar-refractivity contribution < 1.29 is 14.3 Å². The maximum Gasteiger partial charge on any atom is 0.322 e. The number of carbonyl (C=O) groups excluding carboxylic acids is 1. The SMILES string of the molecule is CCC1COCCN1C(=O)Nc1cccnc1OC(C)C. The van der Waals surface area contributed by atoms with Crippen molar-refractivity contribution in [2.75, 3.05) is 25.1 Å². The number of amides is 2. The van der Waals surface area contributed by atoms with E-state index >= 15 is 0 Å². The van der Waals surface area contributed by atoms with Crippen LogP contribution in [0.25, 0.3) is 0 Å². The van der Waals surface area contributed by atoms with E-state index in [2.05, 4.69) is 17.2 Å². The van der Waals surface area contributed by atoms with E-state index in [0.29, 0.717) is 31.3 Å². The molecular weight excluding hydrogens is 270 g/mol. The molecule has 0 bridgehead atoms. The van der Waals surface area contributed by atoms with Crippen molar-refractivity contribution in [2.24, 2.45) is 0 Å². The van der Waals surface area contributed by atoms with E-state index in [0.717, 1.165) is 6.42 Å². The summed E-state index contributed by atoms with van der Waals surface area (Å²) in [5, 5.41) is 2.89. The molecule has 2 rings (SSSR count). The highest BCUT2D eigenvalue weighted by Crippen LogP contribution is 2.23. The summed E-state index contributed by atoms with van der Waals surface area (Å²) in [6.45, 7) is 7.67.